The molecule has 2 heteroatoms. The molecule has 0 saturated heterocycles. The van der Waals surface area contributed by atoms with Crippen molar-refractivity contribution >= 4 is 0 Å². The number of allylic oxidation sites excluding steroid dienone is 2. The van der Waals surface area contributed by atoms with E-state index in [4.69, 9.17) is 0 Å². The van der Waals surface area contributed by atoms with E-state index in [1.807, 2.05) is 6.07 Å². The van der Waals surface area contributed by atoms with Gasteiger partial charge in [-0.15, -0.1) is 0 Å². The van der Waals surface area contributed by atoms with Crippen molar-refractivity contribution in [1.29, 1.82) is 0 Å². The number of benzene rings is 1. The summed E-state index contributed by atoms with van der Waals surface area (Å²) >= 11 is 0. The van der Waals surface area contributed by atoms with Crippen LogP contribution in [0.25, 0.3) is 0 Å². The lowest BCUT2D eigenvalue weighted by atomic mass is 9.63. The second-order valence-corrected chi connectivity index (χ2v) is 9.94. The van der Waals surface area contributed by atoms with Crippen molar-refractivity contribution in [3.63, 3.8) is 0 Å². The summed E-state index contributed by atoms with van der Waals surface area (Å²) < 4.78 is 29.8. The highest BCUT2D eigenvalue weighted by atomic mass is 19.2. The molecule has 154 valence electrons. The lowest BCUT2D eigenvalue weighted by Crippen LogP contribution is -2.31. The van der Waals surface area contributed by atoms with E-state index in [0.717, 1.165) is 49.0 Å². The SMILES string of the molecule is C/C=C/CCC1CCC2CC(c3cc4c(c(F)c3F)CC(C)CC4)CCC2C1. The predicted molar refractivity (Wildman–Crippen MR) is 113 cm³/mol. The maximum Gasteiger partial charge on any atom is 0.162 e. The molecule has 0 nitrogen and oxygen atoms in total. The van der Waals surface area contributed by atoms with Crippen molar-refractivity contribution in [2.24, 2.45) is 23.7 Å². The normalized spacial score (nSPS) is 32.9. The molecule has 1 aromatic rings. The third-order valence-electron chi connectivity index (χ3n) is 8.03. The lowest BCUT2D eigenvalue weighted by Gasteiger charge is -2.42. The van der Waals surface area contributed by atoms with Gasteiger partial charge in [-0.3, -0.25) is 0 Å². The highest BCUT2D eigenvalue weighted by molar-refractivity contribution is 5.38. The molecule has 2 saturated carbocycles. The smallest absolute Gasteiger partial charge is 0.162 e. The summed E-state index contributed by atoms with van der Waals surface area (Å²) in [5.74, 6) is 2.02. The first kappa shape index (κ1) is 20.1. The van der Waals surface area contributed by atoms with Gasteiger partial charge in [0.15, 0.2) is 11.6 Å². The Bertz CT molecular complexity index is 720. The predicted octanol–water partition coefficient (Wildman–Crippen LogP) is 7.75. The zero-order valence-electron chi connectivity index (χ0n) is 17.7. The number of aryl methyl sites for hydroxylation is 1. The molecule has 0 radical (unpaired) electrons. The number of halogens is 2. The van der Waals surface area contributed by atoms with E-state index in [0.29, 0.717) is 23.5 Å². The van der Waals surface area contributed by atoms with Crippen LogP contribution >= 0.6 is 0 Å². The van der Waals surface area contributed by atoms with Gasteiger partial charge in [0.1, 0.15) is 0 Å². The largest absolute Gasteiger partial charge is 0.203 e. The zero-order chi connectivity index (χ0) is 19.7. The second kappa shape index (κ2) is 8.67. The molecule has 5 atom stereocenters. The number of hydrogen-bond donors (Lipinski definition) is 0. The van der Waals surface area contributed by atoms with Gasteiger partial charge in [0.05, 0.1) is 0 Å². The molecule has 0 aromatic heterocycles. The van der Waals surface area contributed by atoms with Crippen LogP contribution in [0.4, 0.5) is 8.78 Å². The molecular weight excluding hydrogens is 350 g/mol. The molecule has 3 aliphatic carbocycles. The minimum absolute atomic E-state index is 0.222. The maximum atomic E-state index is 15.0. The first-order valence-electron chi connectivity index (χ1n) is 11.7. The molecule has 3 aliphatic rings. The fourth-order valence-corrected chi connectivity index (χ4v) is 6.36. The van der Waals surface area contributed by atoms with E-state index in [1.165, 1.54) is 38.5 Å². The van der Waals surface area contributed by atoms with Crippen LogP contribution in [-0.2, 0) is 12.8 Å². The molecule has 2 fully saturated rings. The molecule has 5 unspecified atom stereocenters. The van der Waals surface area contributed by atoms with Gasteiger partial charge in [-0.25, -0.2) is 8.78 Å². The summed E-state index contributed by atoms with van der Waals surface area (Å²) in [6, 6.07) is 2.05. The molecule has 1 aromatic carbocycles. The Balaban J connectivity index is 1.45. The Labute approximate surface area is 169 Å². The molecule has 28 heavy (non-hydrogen) atoms. The second-order valence-electron chi connectivity index (χ2n) is 9.94. The summed E-state index contributed by atoms with van der Waals surface area (Å²) in [6.07, 6.45) is 16.9. The van der Waals surface area contributed by atoms with Gasteiger partial charge in [0, 0.05) is 0 Å². The van der Waals surface area contributed by atoms with Gasteiger partial charge < -0.3 is 0 Å². The summed E-state index contributed by atoms with van der Waals surface area (Å²) in [5.41, 5.74) is 2.44. The van der Waals surface area contributed by atoms with Crippen LogP contribution < -0.4 is 0 Å². The van der Waals surface area contributed by atoms with Crippen molar-refractivity contribution in [2.75, 3.05) is 0 Å². The molecule has 0 heterocycles. The van der Waals surface area contributed by atoms with Gasteiger partial charge in [-0.05, 0) is 117 Å². The minimum Gasteiger partial charge on any atom is -0.203 e. The fraction of sp³-hybridized carbons (Fsp3) is 0.692. The van der Waals surface area contributed by atoms with E-state index in [-0.39, 0.29) is 5.92 Å². The van der Waals surface area contributed by atoms with Gasteiger partial charge in [-0.2, -0.15) is 0 Å². The van der Waals surface area contributed by atoms with Crippen LogP contribution in [0.15, 0.2) is 18.2 Å². The molecule has 0 bridgehead atoms. The van der Waals surface area contributed by atoms with E-state index in [9.17, 15) is 8.78 Å². The summed E-state index contributed by atoms with van der Waals surface area (Å²) in [5, 5.41) is 0. The van der Waals surface area contributed by atoms with Crippen LogP contribution in [-0.4, -0.2) is 0 Å². The third kappa shape index (κ3) is 4.07. The fourth-order valence-electron chi connectivity index (χ4n) is 6.36. The first-order chi connectivity index (χ1) is 13.6. The van der Waals surface area contributed by atoms with E-state index >= 15 is 0 Å². The molecule has 0 aliphatic heterocycles. The van der Waals surface area contributed by atoms with Crippen LogP contribution in [0.3, 0.4) is 0 Å². The lowest BCUT2D eigenvalue weighted by molar-refractivity contribution is 0.114. The average Bonchev–Trinajstić information content (AvgIpc) is 2.71. The van der Waals surface area contributed by atoms with Crippen LogP contribution in [0, 0.1) is 35.3 Å². The number of fused-ring (bicyclic) bond motifs is 2. The molecule has 0 spiro atoms. The van der Waals surface area contributed by atoms with Gasteiger partial charge in [0.2, 0.25) is 0 Å². The standard InChI is InChI=1S/C26H36F2/c1-3-4-5-6-18-8-10-20-15-21(12-11-19(20)14-18)24-16-22-9-7-17(2)13-23(22)25(27)26(24)28/h3-4,16-21H,5-15H2,1-2H3/b4-3+. The average molecular weight is 387 g/mol. The van der Waals surface area contributed by atoms with Crippen molar-refractivity contribution in [3.05, 3.63) is 46.5 Å². The topological polar surface area (TPSA) is 0 Å². The highest BCUT2D eigenvalue weighted by Gasteiger charge is 2.37. The number of rotatable bonds is 4. The molecule has 0 N–H and O–H groups in total. The van der Waals surface area contributed by atoms with E-state index in [2.05, 4.69) is 26.0 Å². The van der Waals surface area contributed by atoms with Crippen LogP contribution in [0.5, 0.6) is 0 Å². The van der Waals surface area contributed by atoms with E-state index in [1.54, 1.807) is 0 Å². The summed E-state index contributed by atoms with van der Waals surface area (Å²) in [6.45, 7) is 4.24. The van der Waals surface area contributed by atoms with E-state index < -0.39 is 11.6 Å². The van der Waals surface area contributed by atoms with Gasteiger partial charge in [0.25, 0.3) is 0 Å². The Morgan fingerprint density at radius 2 is 1.79 bits per heavy atom. The van der Waals surface area contributed by atoms with Crippen molar-refractivity contribution in [3.8, 4) is 0 Å². The Morgan fingerprint density at radius 1 is 1.00 bits per heavy atom. The van der Waals surface area contributed by atoms with Crippen LogP contribution in [0.1, 0.15) is 94.2 Å². The molecule has 0 amide bonds. The van der Waals surface area contributed by atoms with Gasteiger partial charge in [-0.1, -0.05) is 31.6 Å². The monoisotopic (exact) mass is 386 g/mol. The van der Waals surface area contributed by atoms with Crippen molar-refractivity contribution in [2.45, 2.75) is 90.4 Å². The summed E-state index contributed by atoms with van der Waals surface area (Å²) in [4.78, 5) is 0. The van der Waals surface area contributed by atoms with Crippen molar-refractivity contribution in [1.82, 2.24) is 0 Å². The summed E-state index contributed by atoms with van der Waals surface area (Å²) in [7, 11) is 0. The first-order valence-corrected chi connectivity index (χ1v) is 11.7. The Hall–Kier alpha value is -1.18. The quantitative estimate of drug-likeness (QED) is 0.464. The van der Waals surface area contributed by atoms with Crippen LogP contribution in [0.2, 0.25) is 0 Å². The molecule has 4 rings (SSSR count). The maximum absolute atomic E-state index is 15.0. The van der Waals surface area contributed by atoms with Crippen molar-refractivity contribution < 1.29 is 8.78 Å². The Morgan fingerprint density at radius 3 is 2.61 bits per heavy atom. The zero-order valence-corrected chi connectivity index (χ0v) is 17.7. The van der Waals surface area contributed by atoms with Gasteiger partial charge >= 0.3 is 0 Å². The highest BCUT2D eigenvalue weighted by Crippen LogP contribution is 2.49. The minimum atomic E-state index is -0.533. The Kier molecular flexibility index (Phi) is 6.23. The third-order valence-corrected chi connectivity index (χ3v) is 8.03. The number of hydrogen-bond acceptors (Lipinski definition) is 0. The molecular formula is C26H36F2.